The molecular weight excluding hydrogens is 216 g/mol. The summed E-state index contributed by atoms with van der Waals surface area (Å²) in [6, 6.07) is 5.02. The maximum Gasteiger partial charge on any atom is 0.310 e. The summed E-state index contributed by atoms with van der Waals surface area (Å²) >= 11 is 5.61. The van der Waals surface area contributed by atoms with Gasteiger partial charge in [-0.15, -0.1) is 0 Å². The van der Waals surface area contributed by atoms with Gasteiger partial charge in [-0.2, -0.15) is 5.26 Å². The van der Waals surface area contributed by atoms with Crippen LogP contribution in [0.15, 0.2) is 12.1 Å². The van der Waals surface area contributed by atoms with Crippen LogP contribution in [0, 0.1) is 11.3 Å². The molecule has 1 heterocycles. The molecule has 0 aliphatic rings. The SMILES string of the molecule is CCOC(=O)Cc1ccc(Cl)nc1C#N. The van der Waals surface area contributed by atoms with Crippen molar-refractivity contribution in [3.63, 3.8) is 0 Å². The highest BCUT2D eigenvalue weighted by molar-refractivity contribution is 6.29. The Morgan fingerprint density at radius 3 is 3.00 bits per heavy atom. The predicted molar refractivity (Wildman–Crippen MR) is 54.3 cm³/mol. The first-order chi connectivity index (χ1) is 7.17. The molecule has 0 spiro atoms. The van der Waals surface area contributed by atoms with Gasteiger partial charge in [0.15, 0.2) is 0 Å². The molecule has 0 fully saturated rings. The highest BCUT2D eigenvalue weighted by atomic mass is 35.5. The van der Waals surface area contributed by atoms with Crippen LogP contribution < -0.4 is 0 Å². The van der Waals surface area contributed by atoms with Crippen LogP contribution in [0.25, 0.3) is 0 Å². The Kier molecular flexibility index (Phi) is 4.07. The Morgan fingerprint density at radius 1 is 1.67 bits per heavy atom. The molecule has 0 saturated carbocycles. The maximum absolute atomic E-state index is 11.2. The van der Waals surface area contributed by atoms with Gasteiger partial charge in [-0.3, -0.25) is 4.79 Å². The van der Waals surface area contributed by atoms with Crippen LogP contribution in [-0.2, 0) is 16.0 Å². The van der Waals surface area contributed by atoms with E-state index in [2.05, 4.69) is 4.98 Å². The van der Waals surface area contributed by atoms with Crippen molar-refractivity contribution < 1.29 is 9.53 Å². The van der Waals surface area contributed by atoms with E-state index < -0.39 is 0 Å². The minimum Gasteiger partial charge on any atom is -0.466 e. The van der Waals surface area contributed by atoms with Crippen molar-refractivity contribution in [1.29, 1.82) is 5.26 Å². The van der Waals surface area contributed by atoms with Crippen molar-refractivity contribution in [3.8, 4) is 6.07 Å². The van der Waals surface area contributed by atoms with Crippen LogP contribution in [0.2, 0.25) is 5.15 Å². The number of esters is 1. The molecule has 15 heavy (non-hydrogen) atoms. The third-order valence-electron chi connectivity index (χ3n) is 1.69. The number of nitriles is 1. The van der Waals surface area contributed by atoms with Crippen molar-refractivity contribution in [3.05, 3.63) is 28.5 Å². The number of halogens is 1. The molecule has 0 N–H and O–H groups in total. The van der Waals surface area contributed by atoms with Gasteiger partial charge >= 0.3 is 5.97 Å². The van der Waals surface area contributed by atoms with Gasteiger partial charge in [-0.1, -0.05) is 17.7 Å². The molecule has 5 heteroatoms. The van der Waals surface area contributed by atoms with E-state index in [0.29, 0.717) is 12.2 Å². The number of hydrogen-bond acceptors (Lipinski definition) is 4. The highest BCUT2D eigenvalue weighted by Crippen LogP contribution is 2.11. The number of hydrogen-bond donors (Lipinski definition) is 0. The quantitative estimate of drug-likeness (QED) is 0.579. The van der Waals surface area contributed by atoms with Crippen LogP contribution in [0.1, 0.15) is 18.2 Å². The summed E-state index contributed by atoms with van der Waals surface area (Å²) in [5, 5.41) is 9.00. The van der Waals surface area contributed by atoms with Gasteiger partial charge in [-0.05, 0) is 18.6 Å². The third-order valence-corrected chi connectivity index (χ3v) is 1.90. The zero-order valence-corrected chi connectivity index (χ0v) is 8.91. The minimum atomic E-state index is -0.377. The predicted octanol–water partition coefficient (Wildman–Crippen LogP) is 1.71. The fourth-order valence-corrected chi connectivity index (χ4v) is 1.22. The molecule has 0 saturated heterocycles. The van der Waals surface area contributed by atoms with E-state index in [9.17, 15) is 4.79 Å². The number of nitrogens with zero attached hydrogens (tertiary/aromatic N) is 2. The van der Waals surface area contributed by atoms with E-state index in [0.717, 1.165) is 0 Å². The standard InChI is InChI=1S/C10H9ClN2O2/c1-2-15-10(14)5-7-3-4-9(11)13-8(7)6-12/h3-4H,2,5H2,1H3. The molecular formula is C10H9ClN2O2. The molecule has 0 aliphatic heterocycles. The average molecular weight is 225 g/mol. The Morgan fingerprint density at radius 2 is 2.40 bits per heavy atom. The molecule has 78 valence electrons. The molecule has 1 aromatic heterocycles. The van der Waals surface area contributed by atoms with Crippen LogP contribution in [-0.4, -0.2) is 17.6 Å². The monoisotopic (exact) mass is 224 g/mol. The molecule has 0 radical (unpaired) electrons. The fourth-order valence-electron chi connectivity index (χ4n) is 1.07. The number of aromatic nitrogens is 1. The van der Waals surface area contributed by atoms with Gasteiger partial charge in [0.05, 0.1) is 13.0 Å². The molecule has 0 aromatic carbocycles. The zero-order valence-electron chi connectivity index (χ0n) is 8.16. The molecule has 0 atom stereocenters. The van der Waals surface area contributed by atoms with Gasteiger partial charge in [-0.25, -0.2) is 4.98 Å². The van der Waals surface area contributed by atoms with Crippen LogP contribution >= 0.6 is 11.6 Å². The summed E-state index contributed by atoms with van der Waals surface area (Å²) in [6.45, 7) is 2.05. The Labute approximate surface area is 92.4 Å². The first-order valence-corrected chi connectivity index (χ1v) is 4.76. The fraction of sp³-hybridized carbons (Fsp3) is 0.300. The largest absolute Gasteiger partial charge is 0.466 e. The maximum atomic E-state index is 11.2. The lowest BCUT2D eigenvalue weighted by molar-refractivity contribution is -0.142. The van der Waals surface area contributed by atoms with E-state index in [-0.39, 0.29) is 23.2 Å². The van der Waals surface area contributed by atoms with Crippen molar-refractivity contribution in [1.82, 2.24) is 4.98 Å². The Bertz CT molecular complexity index is 412. The van der Waals surface area contributed by atoms with Gasteiger partial charge in [0.25, 0.3) is 0 Å². The number of carbonyl (C=O) groups is 1. The van der Waals surface area contributed by atoms with E-state index in [1.165, 1.54) is 6.07 Å². The van der Waals surface area contributed by atoms with Crippen LogP contribution in [0.4, 0.5) is 0 Å². The number of carbonyl (C=O) groups excluding carboxylic acids is 1. The van der Waals surface area contributed by atoms with Gasteiger partial charge in [0, 0.05) is 0 Å². The minimum absolute atomic E-state index is 0.0426. The smallest absolute Gasteiger partial charge is 0.310 e. The van der Waals surface area contributed by atoms with E-state index >= 15 is 0 Å². The van der Waals surface area contributed by atoms with E-state index in [4.69, 9.17) is 21.6 Å². The zero-order chi connectivity index (χ0) is 11.3. The third kappa shape index (κ3) is 3.22. The summed E-state index contributed by atoms with van der Waals surface area (Å²) in [4.78, 5) is 15.0. The Balaban J connectivity index is 2.86. The van der Waals surface area contributed by atoms with E-state index in [1.54, 1.807) is 13.0 Å². The molecule has 1 aromatic rings. The van der Waals surface area contributed by atoms with Crippen LogP contribution in [0.3, 0.4) is 0 Å². The second-order valence-corrected chi connectivity index (χ2v) is 3.12. The van der Waals surface area contributed by atoms with Gasteiger partial charge in [0.2, 0.25) is 0 Å². The molecule has 1 rings (SSSR count). The summed E-state index contributed by atoms with van der Waals surface area (Å²) in [6.07, 6.45) is 0.0426. The number of rotatable bonds is 3. The summed E-state index contributed by atoms with van der Waals surface area (Å²) < 4.78 is 4.77. The summed E-state index contributed by atoms with van der Waals surface area (Å²) in [5.74, 6) is -0.377. The number of pyridine rings is 1. The molecule has 0 unspecified atom stereocenters. The van der Waals surface area contributed by atoms with Crippen LogP contribution in [0.5, 0.6) is 0 Å². The number of ether oxygens (including phenoxy) is 1. The second kappa shape index (κ2) is 5.32. The lowest BCUT2D eigenvalue weighted by atomic mass is 10.1. The van der Waals surface area contributed by atoms with Crippen molar-refractivity contribution in [2.45, 2.75) is 13.3 Å². The highest BCUT2D eigenvalue weighted by Gasteiger charge is 2.10. The second-order valence-electron chi connectivity index (χ2n) is 2.74. The molecule has 0 bridgehead atoms. The van der Waals surface area contributed by atoms with Crippen molar-refractivity contribution >= 4 is 17.6 Å². The van der Waals surface area contributed by atoms with Gasteiger partial charge < -0.3 is 4.74 Å². The molecule has 0 amide bonds. The summed E-state index contributed by atoms with van der Waals surface area (Å²) in [7, 11) is 0. The first-order valence-electron chi connectivity index (χ1n) is 4.38. The molecule has 4 nitrogen and oxygen atoms in total. The van der Waals surface area contributed by atoms with Crippen molar-refractivity contribution in [2.75, 3.05) is 6.61 Å². The van der Waals surface area contributed by atoms with Gasteiger partial charge in [0.1, 0.15) is 16.9 Å². The normalized spacial score (nSPS) is 9.40. The summed E-state index contributed by atoms with van der Waals surface area (Å²) in [5.41, 5.74) is 0.691. The average Bonchev–Trinajstić information content (AvgIpc) is 2.21. The lowest BCUT2D eigenvalue weighted by Gasteiger charge is -2.03. The topological polar surface area (TPSA) is 63.0 Å². The van der Waals surface area contributed by atoms with E-state index in [1.807, 2.05) is 6.07 Å². The molecule has 0 aliphatic carbocycles. The van der Waals surface area contributed by atoms with Crippen molar-refractivity contribution in [2.24, 2.45) is 0 Å². The lowest BCUT2D eigenvalue weighted by Crippen LogP contribution is -2.09. The Hall–Kier alpha value is -1.60. The first kappa shape index (κ1) is 11.5.